The predicted octanol–water partition coefficient (Wildman–Crippen LogP) is 1.85. The van der Waals surface area contributed by atoms with Crippen molar-refractivity contribution in [3.05, 3.63) is 48.4 Å². The number of pyridine rings is 1. The Morgan fingerprint density at radius 3 is 2.87 bits per heavy atom. The molecule has 0 aliphatic carbocycles. The van der Waals surface area contributed by atoms with Gasteiger partial charge in [-0.3, -0.25) is 9.78 Å². The Morgan fingerprint density at radius 2 is 2.04 bits per heavy atom. The van der Waals surface area contributed by atoms with Crippen LogP contribution in [-0.4, -0.2) is 26.1 Å². The molecule has 1 amide bonds. The number of hydrogen-bond acceptors (Lipinski definition) is 5. The molecule has 0 unspecified atom stereocenters. The van der Waals surface area contributed by atoms with Gasteiger partial charge in [-0.1, -0.05) is 18.2 Å². The fourth-order valence-corrected chi connectivity index (χ4v) is 2.65. The van der Waals surface area contributed by atoms with E-state index in [0.717, 1.165) is 22.2 Å². The molecule has 3 heterocycles. The lowest BCUT2D eigenvalue weighted by Gasteiger charge is -2.09. The van der Waals surface area contributed by atoms with Gasteiger partial charge in [-0.25, -0.2) is 0 Å². The smallest absolute Gasteiger partial charge is 0.271 e. The Morgan fingerprint density at radius 1 is 1.17 bits per heavy atom. The lowest BCUT2D eigenvalue weighted by Crippen LogP contribution is -2.16. The fraction of sp³-hybridized carbons (Fsp3) is 0. The number of aromatic amines is 1. The third-order valence-corrected chi connectivity index (χ3v) is 3.77. The zero-order chi connectivity index (χ0) is 16.0. The maximum atomic E-state index is 11.4. The first-order chi connectivity index (χ1) is 11.1. The molecule has 4 rings (SSSR count). The molecule has 0 spiro atoms. The van der Waals surface area contributed by atoms with Crippen LogP contribution in [-0.2, 0) is 0 Å². The Hall–Kier alpha value is -3.48. The molecule has 5 N–H and O–H groups in total. The predicted molar refractivity (Wildman–Crippen MR) is 87.6 cm³/mol. The lowest BCUT2D eigenvalue weighted by molar-refractivity contribution is 0.0996. The molecule has 0 saturated carbocycles. The van der Waals surface area contributed by atoms with Crippen LogP contribution in [0.1, 0.15) is 10.5 Å². The molecule has 7 nitrogen and oxygen atoms in total. The van der Waals surface area contributed by atoms with Crippen LogP contribution in [0.25, 0.3) is 33.1 Å². The summed E-state index contributed by atoms with van der Waals surface area (Å²) >= 11 is 0. The third-order valence-electron chi connectivity index (χ3n) is 3.77. The summed E-state index contributed by atoms with van der Waals surface area (Å²) in [4.78, 5) is 18.9. The van der Waals surface area contributed by atoms with Crippen molar-refractivity contribution < 1.29 is 4.79 Å². The quantitative estimate of drug-likeness (QED) is 0.521. The fourth-order valence-electron chi connectivity index (χ4n) is 2.65. The number of aromatic nitrogens is 4. The van der Waals surface area contributed by atoms with E-state index in [-0.39, 0.29) is 11.4 Å². The second-order valence-electron chi connectivity index (χ2n) is 5.16. The van der Waals surface area contributed by atoms with E-state index >= 15 is 0 Å². The van der Waals surface area contributed by atoms with Crippen molar-refractivity contribution in [2.24, 2.45) is 5.73 Å². The van der Waals surface area contributed by atoms with E-state index in [1.165, 1.54) is 0 Å². The molecule has 0 aliphatic rings. The summed E-state index contributed by atoms with van der Waals surface area (Å²) < 4.78 is 0. The summed E-state index contributed by atoms with van der Waals surface area (Å²) in [6.45, 7) is 0. The van der Waals surface area contributed by atoms with Crippen LogP contribution in [0, 0.1) is 0 Å². The van der Waals surface area contributed by atoms with Gasteiger partial charge in [-0.2, -0.15) is 0 Å². The highest BCUT2D eigenvalue weighted by Crippen LogP contribution is 2.31. The summed E-state index contributed by atoms with van der Waals surface area (Å²) in [7, 11) is 0. The highest BCUT2D eigenvalue weighted by Gasteiger charge is 2.15. The maximum absolute atomic E-state index is 11.4. The Balaban J connectivity index is 2.00. The molecule has 3 aromatic heterocycles. The number of anilines is 1. The average Bonchev–Trinajstić information content (AvgIpc) is 3.02. The monoisotopic (exact) mass is 304 g/mol. The molecule has 112 valence electrons. The van der Waals surface area contributed by atoms with E-state index in [1.54, 1.807) is 12.3 Å². The van der Waals surface area contributed by atoms with Gasteiger partial charge in [0, 0.05) is 28.9 Å². The van der Waals surface area contributed by atoms with E-state index in [9.17, 15) is 4.79 Å². The summed E-state index contributed by atoms with van der Waals surface area (Å²) in [6.07, 6.45) is 3.60. The minimum atomic E-state index is -0.697. The van der Waals surface area contributed by atoms with E-state index in [4.69, 9.17) is 11.5 Å². The largest absolute Gasteiger partial charge is 0.396 e. The Labute approximate surface area is 130 Å². The number of nitrogens with one attached hydrogen (secondary N) is 1. The number of hydrogen-bond donors (Lipinski definition) is 3. The molecule has 0 aliphatic heterocycles. The van der Waals surface area contributed by atoms with E-state index in [1.807, 2.05) is 30.5 Å². The van der Waals surface area contributed by atoms with Crippen LogP contribution in [0.4, 0.5) is 5.69 Å². The summed E-state index contributed by atoms with van der Waals surface area (Å²) in [6, 6.07) is 9.43. The number of carbonyl (C=O) groups excluding carboxylic acids is 1. The molecule has 7 heteroatoms. The van der Waals surface area contributed by atoms with Crippen LogP contribution in [0.15, 0.2) is 42.7 Å². The maximum Gasteiger partial charge on any atom is 0.271 e. The minimum absolute atomic E-state index is 0.0207. The van der Waals surface area contributed by atoms with Gasteiger partial charge in [-0.15, -0.1) is 10.2 Å². The first kappa shape index (κ1) is 13.2. The zero-order valence-electron chi connectivity index (χ0n) is 11.9. The van der Waals surface area contributed by atoms with Crippen molar-refractivity contribution in [2.45, 2.75) is 0 Å². The highest BCUT2D eigenvalue weighted by atomic mass is 16.1. The van der Waals surface area contributed by atoms with Crippen molar-refractivity contribution in [1.29, 1.82) is 0 Å². The summed E-state index contributed by atoms with van der Waals surface area (Å²) in [5.41, 5.74) is 15.6. The Kier molecular flexibility index (Phi) is 2.74. The van der Waals surface area contributed by atoms with E-state index < -0.39 is 5.91 Å². The second kappa shape index (κ2) is 4.77. The van der Waals surface area contributed by atoms with Crippen molar-refractivity contribution in [1.82, 2.24) is 20.2 Å². The zero-order valence-corrected chi connectivity index (χ0v) is 11.9. The SMILES string of the molecule is NC(=O)c1nnc2c(-c3cnc4cc[nH]c4c3)cccc2c1N. The standard InChI is InChI=1S/C16H12N6O/c17-13-10-3-1-2-9(14(10)21-22-15(13)16(18)23)8-6-12-11(20-7-8)4-5-19-12/h1-7,19H,(H2,17,21)(H2,18,23). The number of amides is 1. The highest BCUT2D eigenvalue weighted by molar-refractivity contribution is 6.07. The van der Waals surface area contributed by atoms with Crippen LogP contribution in [0.2, 0.25) is 0 Å². The van der Waals surface area contributed by atoms with E-state index in [2.05, 4.69) is 20.2 Å². The normalized spacial score (nSPS) is 11.1. The van der Waals surface area contributed by atoms with Gasteiger partial charge in [0.05, 0.1) is 16.7 Å². The molecule has 0 radical (unpaired) electrons. The summed E-state index contributed by atoms with van der Waals surface area (Å²) in [5, 5.41) is 8.64. The van der Waals surface area contributed by atoms with E-state index in [0.29, 0.717) is 10.9 Å². The molecule has 23 heavy (non-hydrogen) atoms. The van der Waals surface area contributed by atoms with Gasteiger partial charge < -0.3 is 16.5 Å². The number of nitrogen functional groups attached to an aromatic ring is 1. The minimum Gasteiger partial charge on any atom is -0.396 e. The van der Waals surface area contributed by atoms with Crippen LogP contribution >= 0.6 is 0 Å². The molecular formula is C16H12N6O. The lowest BCUT2D eigenvalue weighted by atomic mass is 10.0. The van der Waals surface area contributed by atoms with Crippen LogP contribution in [0.5, 0.6) is 0 Å². The average molecular weight is 304 g/mol. The topological polar surface area (TPSA) is 124 Å². The third kappa shape index (κ3) is 1.98. The van der Waals surface area contributed by atoms with Gasteiger partial charge in [0.25, 0.3) is 5.91 Å². The molecule has 0 bridgehead atoms. The number of nitrogens with two attached hydrogens (primary N) is 2. The molecule has 0 fully saturated rings. The molecule has 4 aromatic rings. The van der Waals surface area contributed by atoms with Gasteiger partial charge in [-0.05, 0) is 12.1 Å². The van der Waals surface area contributed by atoms with Crippen LogP contribution < -0.4 is 11.5 Å². The molecular weight excluding hydrogens is 292 g/mol. The number of nitrogens with zero attached hydrogens (tertiary/aromatic N) is 3. The first-order valence-electron chi connectivity index (χ1n) is 6.93. The van der Waals surface area contributed by atoms with Crippen molar-refractivity contribution >= 4 is 33.5 Å². The number of rotatable bonds is 2. The summed E-state index contributed by atoms with van der Waals surface area (Å²) in [5.74, 6) is -0.697. The van der Waals surface area contributed by atoms with Crippen molar-refractivity contribution in [3.8, 4) is 11.1 Å². The van der Waals surface area contributed by atoms with Crippen LogP contribution in [0.3, 0.4) is 0 Å². The van der Waals surface area contributed by atoms with Gasteiger partial charge in [0.15, 0.2) is 5.69 Å². The Bertz CT molecular complexity index is 1070. The van der Waals surface area contributed by atoms with Gasteiger partial charge in [0.1, 0.15) is 5.52 Å². The number of H-pyrrole nitrogens is 1. The molecule has 0 atom stereocenters. The number of carbonyl (C=O) groups is 1. The number of primary amides is 1. The van der Waals surface area contributed by atoms with Gasteiger partial charge in [0.2, 0.25) is 0 Å². The number of benzene rings is 1. The van der Waals surface area contributed by atoms with Gasteiger partial charge >= 0.3 is 0 Å². The molecule has 1 aromatic carbocycles. The number of fused-ring (bicyclic) bond motifs is 2. The molecule has 0 saturated heterocycles. The van der Waals surface area contributed by atoms with Crippen molar-refractivity contribution in [3.63, 3.8) is 0 Å². The second-order valence-corrected chi connectivity index (χ2v) is 5.16. The van der Waals surface area contributed by atoms with Crippen molar-refractivity contribution in [2.75, 3.05) is 5.73 Å². The first-order valence-corrected chi connectivity index (χ1v) is 6.93.